The average molecular weight is 423 g/mol. The maximum Gasteiger partial charge on any atom is 0.265 e. The molecule has 0 aliphatic carbocycles. The summed E-state index contributed by atoms with van der Waals surface area (Å²) in [6.07, 6.45) is 2.49. The van der Waals surface area contributed by atoms with E-state index in [1.807, 2.05) is 56.0 Å². The van der Waals surface area contributed by atoms with Gasteiger partial charge in [0, 0.05) is 13.1 Å². The Morgan fingerprint density at radius 2 is 1.71 bits per heavy atom. The highest BCUT2D eigenvalue weighted by Gasteiger charge is 2.36. The van der Waals surface area contributed by atoms with Crippen LogP contribution < -0.4 is 14.4 Å². The molecule has 0 saturated carbocycles. The number of likely N-dealkylation sites (tertiary alicyclic amines) is 1. The third kappa shape index (κ3) is 4.53. The fourth-order valence-corrected chi connectivity index (χ4v) is 4.52. The van der Waals surface area contributed by atoms with Gasteiger partial charge in [-0.15, -0.1) is 0 Å². The summed E-state index contributed by atoms with van der Waals surface area (Å²) in [5.41, 5.74) is 3.85. The molecule has 2 amide bonds. The molecule has 2 aliphatic heterocycles. The minimum absolute atomic E-state index is 0.0434. The lowest BCUT2D eigenvalue weighted by Gasteiger charge is -2.37. The molecule has 6 heteroatoms. The highest BCUT2D eigenvalue weighted by molar-refractivity contribution is 5.98. The minimum atomic E-state index is -0.695. The van der Waals surface area contributed by atoms with E-state index in [2.05, 4.69) is 0 Å². The molecular formula is C25H30N2O4. The lowest BCUT2D eigenvalue weighted by molar-refractivity contribution is -0.139. The van der Waals surface area contributed by atoms with Crippen molar-refractivity contribution in [3.05, 3.63) is 53.1 Å². The van der Waals surface area contributed by atoms with E-state index in [-0.39, 0.29) is 25.0 Å². The van der Waals surface area contributed by atoms with Gasteiger partial charge in [-0.2, -0.15) is 0 Å². The molecule has 0 aromatic heterocycles. The zero-order chi connectivity index (χ0) is 22.0. The third-order valence-corrected chi connectivity index (χ3v) is 5.96. The van der Waals surface area contributed by atoms with E-state index in [0.717, 1.165) is 54.8 Å². The Balaban J connectivity index is 1.52. The number of amides is 2. The number of nitrogens with zero attached hydrogens (tertiary/aromatic N) is 2. The van der Waals surface area contributed by atoms with E-state index in [9.17, 15) is 9.59 Å². The highest BCUT2D eigenvalue weighted by Crippen LogP contribution is 2.34. The maximum atomic E-state index is 13.2. The summed E-state index contributed by atoms with van der Waals surface area (Å²) in [5.74, 6) is 1.06. The molecule has 0 radical (unpaired) electrons. The Bertz CT molecular complexity index is 958. The van der Waals surface area contributed by atoms with Crippen LogP contribution in [0, 0.1) is 20.8 Å². The number of aryl methyl sites for hydroxylation is 3. The van der Waals surface area contributed by atoms with Crippen molar-refractivity contribution in [2.75, 3.05) is 31.1 Å². The molecule has 0 bridgehead atoms. The molecule has 1 saturated heterocycles. The van der Waals surface area contributed by atoms with Crippen LogP contribution in [0.5, 0.6) is 11.5 Å². The molecule has 2 aliphatic rings. The summed E-state index contributed by atoms with van der Waals surface area (Å²) >= 11 is 0. The first-order valence-electron chi connectivity index (χ1n) is 11.0. The SMILES string of the molecule is Cc1cc(C)c(OCC(=O)N2C[C@@H](C(=O)N3CCCCC3)Oc3ccccc32)c(C)c1. The molecular weight excluding hydrogens is 392 g/mol. The molecule has 1 atom stereocenters. The molecule has 4 rings (SSSR count). The number of carbonyl (C=O) groups is 2. The second-order valence-electron chi connectivity index (χ2n) is 8.48. The standard InChI is InChI=1S/C25H30N2O4/c1-17-13-18(2)24(19(3)14-17)30-16-23(28)27-15-22(25(29)26-11-7-4-8-12-26)31-21-10-6-5-9-20(21)27/h5-6,9-10,13-14,22H,4,7-8,11-12,15-16H2,1-3H3/t22-/m0/s1. The molecule has 6 nitrogen and oxygen atoms in total. The van der Waals surface area contributed by atoms with Crippen LogP contribution in [-0.4, -0.2) is 49.1 Å². The lowest BCUT2D eigenvalue weighted by Crippen LogP contribution is -2.53. The lowest BCUT2D eigenvalue weighted by atomic mass is 10.1. The van der Waals surface area contributed by atoms with E-state index in [1.165, 1.54) is 0 Å². The quantitative estimate of drug-likeness (QED) is 0.752. The molecule has 1 fully saturated rings. The molecule has 2 aromatic rings. The number of fused-ring (bicyclic) bond motifs is 1. The number of ether oxygens (including phenoxy) is 2. The van der Waals surface area contributed by atoms with Crippen LogP contribution in [0.25, 0.3) is 0 Å². The second-order valence-corrected chi connectivity index (χ2v) is 8.48. The zero-order valence-electron chi connectivity index (χ0n) is 18.5. The smallest absolute Gasteiger partial charge is 0.265 e. The van der Waals surface area contributed by atoms with Gasteiger partial charge in [0.15, 0.2) is 12.7 Å². The normalized spacial score (nSPS) is 18.2. The van der Waals surface area contributed by atoms with Gasteiger partial charge in [-0.1, -0.05) is 29.8 Å². The van der Waals surface area contributed by atoms with Crippen molar-refractivity contribution in [2.24, 2.45) is 0 Å². The van der Waals surface area contributed by atoms with Crippen LogP contribution in [-0.2, 0) is 9.59 Å². The Kier molecular flexibility index (Phi) is 6.16. The van der Waals surface area contributed by atoms with Crippen molar-refractivity contribution in [1.29, 1.82) is 0 Å². The van der Waals surface area contributed by atoms with Gasteiger partial charge in [0.2, 0.25) is 0 Å². The molecule has 0 unspecified atom stereocenters. The van der Waals surface area contributed by atoms with Crippen LogP contribution in [0.1, 0.15) is 36.0 Å². The largest absolute Gasteiger partial charge is 0.483 e. The monoisotopic (exact) mass is 422 g/mol. The third-order valence-electron chi connectivity index (χ3n) is 5.96. The van der Waals surface area contributed by atoms with E-state index >= 15 is 0 Å². The number of anilines is 1. The molecule has 0 N–H and O–H groups in total. The van der Waals surface area contributed by atoms with Crippen LogP contribution >= 0.6 is 0 Å². The van der Waals surface area contributed by atoms with Gasteiger partial charge < -0.3 is 19.3 Å². The first-order valence-corrected chi connectivity index (χ1v) is 11.0. The van der Waals surface area contributed by atoms with E-state index in [1.54, 1.807) is 11.0 Å². The van der Waals surface area contributed by atoms with E-state index in [0.29, 0.717) is 11.4 Å². The van der Waals surface area contributed by atoms with Gasteiger partial charge in [0.05, 0.1) is 12.2 Å². The summed E-state index contributed by atoms with van der Waals surface area (Å²) < 4.78 is 12.0. The number of para-hydroxylation sites is 2. The van der Waals surface area contributed by atoms with Crippen LogP contribution in [0.2, 0.25) is 0 Å². The number of carbonyl (C=O) groups excluding carboxylic acids is 2. The Labute approximate surface area is 183 Å². The second kappa shape index (κ2) is 9.00. The van der Waals surface area contributed by atoms with Crippen molar-refractivity contribution in [1.82, 2.24) is 4.90 Å². The number of hydrogen-bond donors (Lipinski definition) is 0. The summed E-state index contributed by atoms with van der Waals surface area (Å²) in [6, 6.07) is 11.5. The van der Waals surface area contributed by atoms with Gasteiger partial charge in [0.1, 0.15) is 11.5 Å². The summed E-state index contributed by atoms with van der Waals surface area (Å²) in [4.78, 5) is 29.7. The van der Waals surface area contributed by atoms with Gasteiger partial charge in [-0.05, 0) is 63.3 Å². The first-order chi connectivity index (χ1) is 14.9. The number of hydrogen-bond acceptors (Lipinski definition) is 4. The van der Waals surface area contributed by atoms with Gasteiger partial charge in [-0.25, -0.2) is 0 Å². The van der Waals surface area contributed by atoms with Crippen LogP contribution in [0.15, 0.2) is 36.4 Å². The fourth-order valence-electron chi connectivity index (χ4n) is 4.52. The van der Waals surface area contributed by atoms with Gasteiger partial charge in [-0.3, -0.25) is 9.59 Å². The summed E-state index contributed by atoms with van der Waals surface area (Å²) in [5, 5.41) is 0. The number of piperidine rings is 1. The molecule has 31 heavy (non-hydrogen) atoms. The average Bonchev–Trinajstić information content (AvgIpc) is 2.77. The van der Waals surface area contributed by atoms with Crippen molar-refractivity contribution in [2.45, 2.75) is 46.1 Å². The zero-order valence-corrected chi connectivity index (χ0v) is 18.5. The van der Waals surface area contributed by atoms with Crippen molar-refractivity contribution in [3.8, 4) is 11.5 Å². The Hall–Kier alpha value is -3.02. The Morgan fingerprint density at radius 1 is 1.03 bits per heavy atom. The van der Waals surface area contributed by atoms with Crippen molar-refractivity contribution >= 4 is 17.5 Å². The Morgan fingerprint density at radius 3 is 2.42 bits per heavy atom. The minimum Gasteiger partial charge on any atom is -0.483 e. The van der Waals surface area contributed by atoms with Gasteiger partial charge in [0.25, 0.3) is 11.8 Å². The van der Waals surface area contributed by atoms with E-state index < -0.39 is 6.10 Å². The van der Waals surface area contributed by atoms with E-state index in [4.69, 9.17) is 9.47 Å². The predicted octanol–water partition coefficient (Wildman–Crippen LogP) is 3.80. The molecule has 2 heterocycles. The highest BCUT2D eigenvalue weighted by atomic mass is 16.5. The summed E-state index contributed by atoms with van der Waals surface area (Å²) in [6.45, 7) is 7.62. The van der Waals surface area contributed by atoms with Crippen molar-refractivity contribution < 1.29 is 19.1 Å². The predicted molar refractivity (Wildman–Crippen MR) is 120 cm³/mol. The number of rotatable bonds is 4. The topological polar surface area (TPSA) is 59.1 Å². The first kappa shape index (κ1) is 21.2. The van der Waals surface area contributed by atoms with Gasteiger partial charge >= 0.3 is 0 Å². The van der Waals surface area contributed by atoms with Crippen LogP contribution in [0.3, 0.4) is 0 Å². The summed E-state index contributed by atoms with van der Waals surface area (Å²) in [7, 11) is 0. The maximum absolute atomic E-state index is 13.2. The molecule has 164 valence electrons. The molecule has 2 aromatic carbocycles. The fraction of sp³-hybridized carbons (Fsp3) is 0.440. The molecule has 0 spiro atoms. The van der Waals surface area contributed by atoms with Crippen molar-refractivity contribution in [3.63, 3.8) is 0 Å². The van der Waals surface area contributed by atoms with Crippen LogP contribution in [0.4, 0.5) is 5.69 Å². The number of benzene rings is 2.